The van der Waals surface area contributed by atoms with E-state index in [0.29, 0.717) is 17.3 Å². The Hall–Kier alpha value is -1.55. The number of nitrogens with one attached hydrogen (secondary N) is 1. The van der Waals surface area contributed by atoms with Crippen LogP contribution in [0.3, 0.4) is 0 Å². The highest BCUT2D eigenvalue weighted by Gasteiger charge is 2.20. The van der Waals surface area contributed by atoms with E-state index in [4.69, 9.17) is 5.73 Å². The topological polar surface area (TPSA) is 58.4 Å². The van der Waals surface area contributed by atoms with Crippen LogP contribution in [-0.4, -0.2) is 36.5 Å². The molecule has 1 saturated heterocycles. The summed E-state index contributed by atoms with van der Waals surface area (Å²) >= 11 is 0. The van der Waals surface area contributed by atoms with Crippen molar-refractivity contribution in [3.8, 4) is 0 Å². The van der Waals surface area contributed by atoms with E-state index in [-0.39, 0.29) is 5.91 Å². The lowest BCUT2D eigenvalue weighted by Crippen LogP contribution is -2.44. The van der Waals surface area contributed by atoms with Gasteiger partial charge < -0.3 is 16.0 Å². The first-order chi connectivity index (χ1) is 9.69. The predicted molar refractivity (Wildman–Crippen MR) is 82.7 cm³/mol. The molecule has 4 nitrogen and oxygen atoms in total. The molecule has 0 unspecified atom stereocenters. The number of unbranched alkanes of at least 4 members (excludes halogenated alkanes) is 1. The van der Waals surface area contributed by atoms with E-state index in [2.05, 4.69) is 17.1 Å². The van der Waals surface area contributed by atoms with Gasteiger partial charge in [-0.05, 0) is 50.1 Å². The zero-order valence-electron chi connectivity index (χ0n) is 12.3. The molecule has 0 spiro atoms. The maximum atomic E-state index is 12.1. The molecule has 0 aliphatic carbocycles. The van der Waals surface area contributed by atoms with Crippen molar-refractivity contribution in [2.45, 2.75) is 38.6 Å². The standard InChI is InChI=1S/C16H25N3O/c1-2-3-10-19-11-8-15(9-12-19)18-16(20)13-4-6-14(17)7-5-13/h4-7,15H,2-3,8-12,17H2,1H3,(H,18,20). The van der Waals surface area contributed by atoms with Gasteiger partial charge in [0.2, 0.25) is 0 Å². The molecule has 1 heterocycles. The average Bonchev–Trinajstić information content (AvgIpc) is 2.47. The van der Waals surface area contributed by atoms with Gasteiger partial charge in [-0.3, -0.25) is 4.79 Å². The van der Waals surface area contributed by atoms with Crippen LogP contribution in [0.15, 0.2) is 24.3 Å². The number of nitrogen functional groups attached to an aromatic ring is 1. The van der Waals surface area contributed by atoms with Crippen LogP contribution in [0.4, 0.5) is 5.69 Å². The molecule has 1 aliphatic heterocycles. The molecule has 0 bridgehead atoms. The first kappa shape index (κ1) is 14.9. The first-order valence-corrected chi connectivity index (χ1v) is 7.58. The number of nitrogens with two attached hydrogens (primary N) is 1. The van der Waals surface area contributed by atoms with Crippen molar-refractivity contribution in [2.75, 3.05) is 25.4 Å². The van der Waals surface area contributed by atoms with Crippen LogP contribution in [0, 0.1) is 0 Å². The van der Waals surface area contributed by atoms with Crippen molar-refractivity contribution in [1.29, 1.82) is 0 Å². The van der Waals surface area contributed by atoms with Crippen molar-refractivity contribution < 1.29 is 4.79 Å². The van der Waals surface area contributed by atoms with Crippen molar-refractivity contribution in [2.24, 2.45) is 0 Å². The second-order valence-electron chi connectivity index (χ2n) is 5.56. The summed E-state index contributed by atoms with van der Waals surface area (Å²) in [5.74, 6) is 0.0111. The number of anilines is 1. The summed E-state index contributed by atoms with van der Waals surface area (Å²) in [5, 5.41) is 3.12. The molecule has 0 saturated carbocycles. The number of amides is 1. The highest BCUT2D eigenvalue weighted by atomic mass is 16.1. The molecule has 0 radical (unpaired) electrons. The lowest BCUT2D eigenvalue weighted by atomic mass is 10.0. The van der Waals surface area contributed by atoms with E-state index in [1.54, 1.807) is 24.3 Å². The van der Waals surface area contributed by atoms with Crippen LogP contribution in [0.1, 0.15) is 43.0 Å². The lowest BCUT2D eigenvalue weighted by Gasteiger charge is -2.32. The van der Waals surface area contributed by atoms with E-state index in [0.717, 1.165) is 25.9 Å². The van der Waals surface area contributed by atoms with Gasteiger partial charge >= 0.3 is 0 Å². The van der Waals surface area contributed by atoms with Crippen LogP contribution in [-0.2, 0) is 0 Å². The molecular weight excluding hydrogens is 250 g/mol. The van der Waals surface area contributed by atoms with Gasteiger partial charge in [0.1, 0.15) is 0 Å². The van der Waals surface area contributed by atoms with Crippen molar-refractivity contribution >= 4 is 11.6 Å². The second kappa shape index (κ2) is 7.29. The largest absolute Gasteiger partial charge is 0.399 e. The Labute approximate surface area is 121 Å². The summed E-state index contributed by atoms with van der Waals surface area (Å²) in [4.78, 5) is 14.6. The lowest BCUT2D eigenvalue weighted by molar-refractivity contribution is 0.0911. The van der Waals surface area contributed by atoms with Gasteiger partial charge in [0.05, 0.1) is 0 Å². The zero-order valence-corrected chi connectivity index (χ0v) is 12.3. The third kappa shape index (κ3) is 4.23. The van der Waals surface area contributed by atoms with Gasteiger partial charge in [-0.15, -0.1) is 0 Å². The minimum absolute atomic E-state index is 0.0111. The molecule has 1 amide bonds. The van der Waals surface area contributed by atoms with Crippen LogP contribution in [0.5, 0.6) is 0 Å². The van der Waals surface area contributed by atoms with Crippen LogP contribution in [0.2, 0.25) is 0 Å². The Balaban J connectivity index is 1.77. The van der Waals surface area contributed by atoms with Gasteiger partial charge in [0, 0.05) is 30.4 Å². The molecule has 1 aliphatic rings. The summed E-state index contributed by atoms with van der Waals surface area (Å²) in [6, 6.07) is 7.39. The summed E-state index contributed by atoms with van der Waals surface area (Å²) < 4.78 is 0. The summed E-state index contributed by atoms with van der Waals surface area (Å²) in [6.07, 6.45) is 4.60. The Bertz CT molecular complexity index is 422. The number of rotatable bonds is 5. The Kier molecular flexibility index (Phi) is 5.41. The van der Waals surface area contributed by atoms with Crippen LogP contribution >= 0.6 is 0 Å². The molecule has 110 valence electrons. The predicted octanol–water partition coefficient (Wildman–Crippen LogP) is 2.26. The number of hydrogen-bond acceptors (Lipinski definition) is 3. The number of carbonyl (C=O) groups is 1. The molecule has 1 fully saturated rings. The zero-order chi connectivity index (χ0) is 14.4. The third-order valence-electron chi connectivity index (χ3n) is 3.92. The fourth-order valence-corrected chi connectivity index (χ4v) is 2.59. The highest BCUT2D eigenvalue weighted by molar-refractivity contribution is 5.94. The van der Waals surface area contributed by atoms with Crippen LogP contribution < -0.4 is 11.1 Å². The minimum atomic E-state index is 0.0111. The summed E-state index contributed by atoms with van der Waals surface area (Å²) in [6.45, 7) is 5.59. The quantitative estimate of drug-likeness (QED) is 0.810. The van der Waals surface area contributed by atoms with Gasteiger partial charge in [0.15, 0.2) is 0 Å². The Morgan fingerprint density at radius 3 is 2.55 bits per heavy atom. The monoisotopic (exact) mass is 275 g/mol. The number of likely N-dealkylation sites (tertiary alicyclic amines) is 1. The second-order valence-corrected chi connectivity index (χ2v) is 5.56. The molecule has 1 aromatic carbocycles. The number of benzene rings is 1. The Morgan fingerprint density at radius 1 is 1.30 bits per heavy atom. The Morgan fingerprint density at radius 2 is 1.95 bits per heavy atom. The average molecular weight is 275 g/mol. The normalized spacial score (nSPS) is 17.1. The van der Waals surface area contributed by atoms with Gasteiger partial charge in [-0.1, -0.05) is 13.3 Å². The molecular formula is C16H25N3O. The van der Waals surface area contributed by atoms with E-state index in [1.807, 2.05) is 0 Å². The first-order valence-electron chi connectivity index (χ1n) is 7.58. The fraction of sp³-hybridized carbons (Fsp3) is 0.562. The highest BCUT2D eigenvalue weighted by Crippen LogP contribution is 2.12. The maximum absolute atomic E-state index is 12.1. The minimum Gasteiger partial charge on any atom is -0.399 e. The molecule has 0 aromatic heterocycles. The van der Waals surface area contributed by atoms with E-state index in [9.17, 15) is 4.79 Å². The molecule has 0 atom stereocenters. The van der Waals surface area contributed by atoms with Crippen LogP contribution in [0.25, 0.3) is 0 Å². The molecule has 20 heavy (non-hydrogen) atoms. The number of nitrogens with zero attached hydrogens (tertiary/aromatic N) is 1. The molecule has 2 rings (SSSR count). The third-order valence-corrected chi connectivity index (χ3v) is 3.92. The molecule has 3 N–H and O–H groups in total. The fourth-order valence-electron chi connectivity index (χ4n) is 2.59. The number of carbonyl (C=O) groups excluding carboxylic acids is 1. The SMILES string of the molecule is CCCCN1CCC(NC(=O)c2ccc(N)cc2)CC1. The van der Waals surface area contributed by atoms with Gasteiger partial charge in [0.25, 0.3) is 5.91 Å². The van der Waals surface area contributed by atoms with Crippen molar-refractivity contribution in [3.05, 3.63) is 29.8 Å². The molecule has 4 heteroatoms. The maximum Gasteiger partial charge on any atom is 0.251 e. The van der Waals surface area contributed by atoms with Crippen molar-refractivity contribution in [3.63, 3.8) is 0 Å². The van der Waals surface area contributed by atoms with Crippen molar-refractivity contribution in [1.82, 2.24) is 10.2 Å². The number of piperidine rings is 1. The molecule has 1 aromatic rings. The summed E-state index contributed by atoms with van der Waals surface area (Å²) in [7, 11) is 0. The smallest absolute Gasteiger partial charge is 0.251 e. The number of hydrogen-bond donors (Lipinski definition) is 2. The van der Waals surface area contributed by atoms with E-state index < -0.39 is 0 Å². The van der Waals surface area contributed by atoms with E-state index >= 15 is 0 Å². The van der Waals surface area contributed by atoms with Gasteiger partial charge in [-0.2, -0.15) is 0 Å². The summed E-state index contributed by atoms with van der Waals surface area (Å²) in [5.41, 5.74) is 7.00. The van der Waals surface area contributed by atoms with Gasteiger partial charge in [-0.25, -0.2) is 0 Å². The van der Waals surface area contributed by atoms with E-state index in [1.165, 1.54) is 19.4 Å².